The first-order valence-corrected chi connectivity index (χ1v) is 14.7. The van der Waals surface area contributed by atoms with Crippen molar-refractivity contribution < 1.29 is 4.79 Å². The molecule has 5 rings (SSSR count). The zero-order chi connectivity index (χ0) is 29.1. The molecule has 9 heteroatoms. The van der Waals surface area contributed by atoms with E-state index >= 15 is 0 Å². The van der Waals surface area contributed by atoms with E-state index in [1.165, 1.54) is 30.6 Å². The number of hydrogen-bond acceptors (Lipinski definition) is 8. The van der Waals surface area contributed by atoms with Gasteiger partial charge in [-0.15, -0.1) is 0 Å². The van der Waals surface area contributed by atoms with Crippen molar-refractivity contribution >= 4 is 29.0 Å². The summed E-state index contributed by atoms with van der Waals surface area (Å²) in [5.41, 5.74) is 5.75. The van der Waals surface area contributed by atoms with Crippen molar-refractivity contribution in [2.75, 3.05) is 43.9 Å². The Morgan fingerprint density at radius 1 is 1.05 bits per heavy atom. The second-order valence-electron chi connectivity index (χ2n) is 12.9. The highest BCUT2D eigenvalue weighted by atomic mass is 16.1. The van der Waals surface area contributed by atoms with E-state index in [2.05, 4.69) is 81.7 Å². The molecule has 0 bridgehead atoms. The fraction of sp³-hybridized carbons (Fsp3) is 0.500. The summed E-state index contributed by atoms with van der Waals surface area (Å²) in [5, 5.41) is 9.70. The van der Waals surface area contributed by atoms with E-state index in [1.807, 2.05) is 26.0 Å². The van der Waals surface area contributed by atoms with Gasteiger partial charge in [-0.25, -0.2) is 4.98 Å². The highest BCUT2D eigenvalue weighted by Crippen LogP contribution is 2.28. The van der Waals surface area contributed by atoms with Crippen molar-refractivity contribution in [2.45, 2.75) is 65.5 Å². The molecule has 2 aliphatic rings. The van der Waals surface area contributed by atoms with Crippen LogP contribution in [-0.2, 0) is 18.4 Å². The molecular weight excluding hydrogens is 512 g/mol. The highest BCUT2D eigenvalue weighted by Gasteiger charge is 2.25. The van der Waals surface area contributed by atoms with Crippen LogP contribution in [0.3, 0.4) is 0 Å². The van der Waals surface area contributed by atoms with Gasteiger partial charge in [-0.1, -0.05) is 26.8 Å². The van der Waals surface area contributed by atoms with Gasteiger partial charge in [0.2, 0.25) is 5.95 Å². The van der Waals surface area contributed by atoms with Gasteiger partial charge >= 0.3 is 0 Å². The van der Waals surface area contributed by atoms with Crippen molar-refractivity contribution in [1.82, 2.24) is 30.1 Å². The molecule has 0 spiro atoms. The first-order valence-electron chi connectivity index (χ1n) is 14.7. The monoisotopic (exact) mass is 556 g/mol. The summed E-state index contributed by atoms with van der Waals surface area (Å²) in [4.78, 5) is 31.8. The lowest BCUT2D eigenvalue weighted by molar-refractivity contribution is 0.0943. The molecule has 4 heterocycles. The number of anilines is 4. The third-order valence-corrected chi connectivity index (χ3v) is 7.80. The van der Waals surface area contributed by atoms with E-state index in [0.29, 0.717) is 17.3 Å². The summed E-state index contributed by atoms with van der Waals surface area (Å²) < 4.78 is 0. The van der Waals surface area contributed by atoms with E-state index in [-0.39, 0.29) is 17.4 Å². The van der Waals surface area contributed by atoms with Gasteiger partial charge in [0, 0.05) is 67.1 Å². The number of pyridine rings is 1. The molecule has 3 aromatic rings. The summed E-state index contributed by atoms with van der Waals surface area (Å²) >= 11 is 0. The number of carbonyl (C=O) groups is 1. The van der Waals surface area contributed by atoms with Crippen LogP contribution in [0.25, 0.3) is 0 Å². The predicted octanol–water partition coefficient (Wildman–Crippen LogP) is 5.10. The van der Waals surface area contributed by atoms with E-state index in [4.69, 9.17) is 4.98 Å². The molecule has 41 heavy (non-hydrogen) atoms. The Kier molecular flexibility index (Phi) is 8.56. The van der Waals surface area contributed by atoms with Crippen molar-refractivity contribution in [3.05, 3.63) is 65.1 Å². The Morgan fingerprint density at radius 2 is 1.85 bits per heavy atom. The molecule has 1 fully saturated rings. The van der Waals surface area contributed by atoms with Gasteiger partial charge < -0.3 is 20.9 Å². The molecule has 0 aliphatic carbocycles. The van der Waals surface area contributed by atoms with Gasteiger partial charge in [-0.2, -0.15) is 4.98 Å². The number of aromatic nitrogens is 3. The Balaban J connectivity index is 1.36. The van der Waals surface area contributed by atoms with E-state index < -0.39 is 0 Å². The topological polar surface area (TPSA) is 98.3 Å². The molecule has 0 saturated carbocycles. The summed E-state index contributed by atoms with van der Waals surface area (Å²) in [6.07, 6.45) is 5.72. The van der Waals surface area contributed by atoms with Crippen LogP contribution in [-0.4, -0.2) is 69.9 Å². The SMILES string of the molecule is CC(C)NC(=O)c1cnc(Nc2ccc3c(c2)CN(CC2CCN(C)C2)CC3)nc1Nc1ccnc(C(C)(C)C)c1. The van der Waals surface area contributed by atoms with E-state index in [0.717, 1.165) is 49.0 Å². The fourth-order valence-corrected chi connectivity index (χ4v) is 5.62. The maximum Gasteiger partial charge on any atom is 0.256 e. The Hall–Kier alpha value is -3.56. The lowest BCUT2D eigenvalue weighted by atomic mass is 9.91. The Morgan fingerprint density at radius 3 is 2.59 bits per heavy atom. The molecule has 1 unspecified atom stereocenters. The second-order valence-corrected chi connectivity index (χ2v) is 12.9. The maximum absolute atomic E-state index is 13.0. The number of fused-ring (bicyclic) bond motifs is 1. The molecule has 0 radical (unpaired) electrons. The molecular formula is C32H44N8O. The zero-order valence-electron chi connectivity index (χ0n) is 25.3. The molecule has 2 aromatic heterocycles. The van der Waals surface area contributed by atoms with Crippen LogP contribution in [0.15, 0.2) is 42.7 Å². The smallest absolute Gasteiger partial charge is 0.256 e. The molecule has 1 saturated heterocycles. The highest BCUT2D eigenvalue weighted by molar-refractivity contribution is 5.99. The molecule has 218 valence electrons. The number of likely N-dealkylation sites (tertiary alicyclic amines) is 1. The molecule has 1 amide bonds. The van der Waals surface area contributed by atoms with Crippen LogP contribution < -0.4 is 16.0 Å². The van der Waals surface area contributed by atoms with Crippen molar-refractivity contribution in [3.8, 4) is 0 Å². The molecule has 3 N–H and O–H groups in total. The van der Waals surface area contributed by atoms with Crippen LogP contribution in [0, 0.1) is 5.92 Å². The van der Waals surface area contributed by atoms with Gasteiger partial charge in [0.15, 0.2) is 0 Å². The number of hydrogen-bond donors (Lipinski definition) is 3. The van der Waals surface area contributed by atoms with E-state index in [1.54, 1.807) is 12.4 Å². The average Bonchev–Trinajstić information content (AvgIpc) is 3.32. The zero-order valence-corrected chi connectivity index (χ0v) is 25.3. The minimum atomic E-state index is -0.221. The van der Waals surface area contributed by atoms with Crippen molar-refractivity contribution in [2.24, 2.45) is 5.92 Å². The van der Waals surface area contributed by atoms with Crippen LogP contribution in [0.1, 0.15) is 68.2 Å². The Labute approximate surface area is 244 Å². The molecule has 1 atom stereocenters. The third kappa shape index (κ3) is 7.40. The summed E-state index contributed by atoms with van der Waals surface area (Å²) in [6, 6.07) is 10.4. The Bertz CT molecular complexity index is 1380. The number of rotatable bonds is 8. The summed E-state index contributed by atoms with van der Waals surface area (Å²) in [6.45, 7) is 15.9. The lowest BCUT2D eigenvalue weighted by Crippen LogP contribution is -2.35. The van der Waals surface area contributed by atoms with Crippen molar-refractivity contribution in [1.29, 1.82) is 0 Å². The second kappa shape index (κ2) is 12.1. The van der Waals surface area contributed by atoms with Gasteiger partial charge in [0.1, 0.15) is 11.4 Å². The van der Waals surface area contributed by atoms with Gasteiger partial charge in [-0.05, 0) is 81.6 Å². The number of amides is 1. The maximum atomic E-state index is 13.0. The first-order chi connectivity index (χ1) is 19.5. The number of benzene rings is 1. The number of nitrogens with zero attached hydrogens (tertiary/aromatic N) is 5. The van der Waals surface area contributed by atoms with Crippen LogP contribution >= 0.6 is 0 Å². The fourth-order valence-electron chi connectivity index (χ4n) is 5.62. The van der Waals surface area contributed by atoms with Gasteiger partial charge in [-0.3, -0.25) is 14.7 Å². The lowest BCUT2D eigenvalue weighted by Gasteiger charge is -2.31. The van der Waals surface area contributed by atoms with Crippen LogP contribution in [0.4, 0.5) is 23.1 Å². The standard InChI is InChI=1S/C32H44N8O/c1-21(2)35-30(41)27-17-34-31(38-29(27)36-26-9-12-33-28(16-26)32(3,4)5)37-25-8-7-23-11-14-40(20-24(23)15-25)19-22-10-13-39(6)18-22/h7-9,12,15-17,21-22H,10-11,13-14,18-20H2,1-6H3,(H,35,41)(H2,33,34,36,37,38). The molecule has 2 aliphatic heterocycles. The predicted molar refractivity (Wildman–Crippen MR) is 165 cm³/mol. The van der Waals surface area contributed by atoms with Crippen LogP contribution in [0.2, 0.25) is 0 Å². The first kappa shape index (κ1) is 29.0. The van der Waals surface area contributed by atoms with Crippen molar-refractivity contribution in [3.63, 3.8) is 0 Å². The number of carbonyl (C=O) groups excluding carboxylic acids is 1. The summed E-state index contributed by atoms with van der Waals surface area (Å²) in [5.74, 6) is 1.41. The third-order valence-electron chi connectivity index (χ3n) is 7.80. The molecule has 1 aromatic carbocycles. The quantitative estimate of drug-likeness (QED) is 0.352. The minimum Gasteiger partial charge on any atom is -0.350 e. The normalized spacial score (nSPS) is 17.9. The largest absolute Gasteiger partial charge is 0.350 e. The van der Waals surface area contributed by atoms with Gasteiger partial charge in [0.05, 0.1) is 0 Å². The van der Waals surface area contributed by atoms with Crippen LogP contribution in [0.5, 0.6) is 0 Å². The average molecular weight is 557 g/mol. The van der Waals surface area contributed by atoms with E-state index in [9.17, 15) is 4.79 Å². The minimum absolute atomic E-state index is 0.00814. The van der Waals surface area contributed by atoms with Gasteiger partial charge in [0.25, 0.3) is 5.91 Å². The molecule has 9 nitrogen and oxygen atoms in total. The summed E-state index contributed by atoms with van der Waals surface area (Å²) in [7, 11) is 2.22. The number of nitrogens with one attached hydrogen (secondary N) is 3.